The van der Waals surface area contributed by atoms with Crippen molar-refractivity contribution >= 4 is 17.6 Å². The molecule has 0 fully saturated rings. The number of aromatic amines is 1. The summed E-state index contributed by atoms with van der Waals surface area (Å²) >= 11 is 5.65. The van der Waals surface area contributed by atoms with Gasteiger partial charge in [-0.25, -0.2) is 0 Å². The van der Waals surface area contributed by atoms with Crippen LogP contribution in [-0.4, -0.2) is 22.6 Å². The maximum Gasteiger partial charge on any atom is 0.304 e. The number of carboxylic acids is 1. The van der Waals surface area contributed by atoms with Crippen LogP contribution in [0.4, 0.5) is 0 Å². The second-order valence-electron chi connectivity index (χ2n) is 2.81. The minimum atomic E-state index is -0.854. The van der Waals surface area contributed by atoms with Crippen LogP contribution in [0.25, 0.3) is 0 Å². The first-order valence-corrected chi connectivity index (χ1v) is 4.27. The molecule has 1 heterocycles. The van der Waals surface area contributed by atoms with Crippen LogP contribution in [-0.2, 0) is 4.79 Å². The third kappa shape index (κ3) is 2.75. The van der Waals surface area contributed by atoms with Crippen molar-refractivity contribution in [3.63, 3.8) is 0 Å². The fourth-order valence-corrected chi connectivity index (χ4v) is 1.35. The van der Waals surface area contributed by atoms with Crippen LogP contribution in [0.15, 0.2) is 12.3 Å². The molecule has 1 atom stereocenters. The highest BCUT2D eigenvalue weighted by atomic mass is 35.5. The number of carbonyl (C=O) groups is 1. The molecule has 0 amide bonds. The predicted octanol–water partition coefficient (Wildman–Crippen LogP) is 1.19. The van der Waals surface area contributed by atoms with Crippen molar-refractivity contribution < 1.29 is 9.90 Å². The van der Waals surface area contributed by atoms with Crippen LogP contribution in [0.5, 0.6) is 0 Å². The molecule has 4 N–H and O–H groups in total. The second-order valence-corrected chi connectivity index (χ2v) is 3.22. The Kier molecular flexibility index (Phi) is 3.33. The molecule has 13 heavy (non-hydrogen) atoms. The van der Waals surface area contributed by atoms with Gasteiger partial charge in [0, 0.05) is 12.1 Å². The number of nitrogens with one attached hydrogen (secondary N) is 1. The first-order valence-electron chi connectivity index (χ1n) is 3.89. The quantitative estimate of drug-likeness (QED) is 0.686. The predicted molar refractivity (Wildman–Crippen MR) is 49.9 cm³/mol. The second kappa shape index (κ2) is 4.30. The number of rotatable bonds is 4. The summed E-state index contributed by atoms with van der Waals surface area (Å²) in [6.07, 6.45) is 1.72. The fourth-order valence-electron chi connectivity index (χ4n) is 1.17. The number of aliphatic carboxylic acids is 1. The van der Waals surface area contributed by atoms with Crippen LogP contribution < -0.4 is 5.73 Å². The Hall–Kier alpha value is -1.00. The molecule has 1 rings (SSSR count). The van der Waals surface area contributed by atoms with Crippen molar-refractivity contribution in [1.29, 1.82) is 0 Å². The Labute approximate surface area is 80.7 Å². The summed E-state index contributed by atoms with van der Waals surface area (Å²) in [6, 6.07) is 1.70. The largest absolute Gasteiger partial charge is 0.481 e. The SMILES string of the molecule is NCC(CC(=O)O)c1c[nH]c(Cl)c1. The molecule has 0 saturated carbocycles. The zero-order valence-corrected chi connectivity index (χ0v) is 7.71. The molecule has 1 aromatic heterocycles. The van der Waals surface area contributed by atoms with E-state index < -0.39 is 5.97 Å². The van der Waals surface area contributed by atoms with Crippen molar-refractivity contribution in [2.45, 2.75) is 12.3 Å². The molecule has 5 heteroatoms. The lowest BCUT2D eigenvalue weighted by Gasteiger charge is -2.08. The molecule has 0 aliphatic heterocycles. The van der Waals surface area contributed by atoms with Crippen LogP contribution in [0, 0.1) is 0 Å². The normalized spacial score (nSPS) is 12.8. The van der Waals surface area contributed by atoms with Crippen LogP contribution in [0.1, 0.15) is 17.9 Å². The minimum Gasteiger partial charge on any atom is -0.481 e. The fraction of sp³-hybridized carbons (Fsp3) is 0.375. The van der Waals surface area contributed by atoms with Gasteiger partial charge in [0.15, 0.2) is 0 Å². The lowest BCUT2D eigenvalue weighted by molar-refractivity contribution is -0.137. The van der Waals surface area contributed by atoms with E-state index in [1.807, 2.05) is 0 Å². The molecule has 0 aliphatic rings. The van der Waals surface area contributed by atoms with Gasteiger partial charge in [0.05, 0.1) is 6.42 Å². The first kappa shape index (κ1) is 10.1. The highest BCUT2D eigenvalue weighted by molar-refractivity contribution is 6.29. The average Bonchev–Trinajstić information content (AvgIpc) is 2.47. The van der Waals surface area contributed by atoms with E-state index in [4.69, 9.17) is 22.4 Å². The maximum absolute atomic E-state index is 10.4. The van der Waals surface area contributed by atoms with E-state index in [0.29, 0.717) is 11.7 Å². The standard InChI is InChI=1S/C8H11ClN2O2/c9-7-1-6(4-11-7)5(3-10)2-8(12)13/h1,4-5,11H,2-3,10H2,(H,12,13). The Morgan fingerprint density at radius 2 is 2.46 bits per heavy atom. The van der Waals surface area contributed by atoms with Gasteiger partial charge in [0.25, 0.3) is 0 Å². The first-order chi connectivity index (χ1) is 6.13. The molecule has 0 spiro atoms. The summed E-state index contributed by atoms with van der Waals surface area (Å²) in [6.45, 7) is 0.306. The summed E-state index contributed by atoms with van der Waals surface area (Å²) in [5.74, 6) is -1.02. The van der Waals surface area contributed by atoms with Gasteiger partial charge < -0.3 is 15.8 Å². The summed E-state index contributed by atoms with van der Waals surface area (Å²) < 4.78 is 0. The minimum absolute atomic E-state index is 0.0324. The topological polar surface area (TPSA) is 79.1 Å². The smallest absolute Gasteiger partial charge is 0.304 e. The number of aromatic nitrogens is 1. The van der Waals surface area contributed by atoms with E-state index in [1.165, 1.54) is 0 Å². The van der Waals surface area contributed by atoms with Gasteiger partial charge in [-0.3, -0.25) is 4.79 Å². The average molecular weight is 203 g/mol. The van der Waals surface area contributed by atoms with Gasteiger partial charge in [0.1, 0.15) is 5.15 Å². The van der Waals surface area contributed by atoms with Crippen LogP contribution >= 0.6 is 11.6 Å². The lowest BCUT2D eigenvalue weighted by atomic mass is 9.99. The van der Waals surface area contributed by atoms with Crippen molar-refractivity contribution in [1.82, 2.24) is 4.98 Å². The van der Waals surface area contributed by atoms with E-state index in [-0.39, 0.29) is 12.3 Å². The van der Waals surface area contributed by atoms with E-state index in [9.17, 15) is 4.79 Å². The zero-order chi connectivity index (χ0) is 9.84. The summed E-state index contributed by atoms with van der Waals surface area (Å²) in [5, 5.41) is 9.08. The van der Waals surface area contributed by atoms with Crippen molar-refractivity contribution in [3.05, 3.63) is 23.0 Å². The van der Waals surface area contributed by atoms with Gasteiger partial charge in [-0.15, -0.1) is 0 Å². The van der Waals surface area contributed by atoms with Crippen LogP contribution in [0.2, 0.25) is 5.15 Å². The molecule has 0 aromatic carbocycles. The van der Waals surface area contributed by atoms with E-state index in [1.54, 1.807) is 12.3 Å². The van der Waals surface area contributed by atoms with Crippen molar-refractivity contribution in [2.24, 2.45) is 5.73 Å². The number of nitrogens with two attached hydrogens (primary N) is 1. The Morgan fingerprint density at radius 3 is 2.85 bits per heavy atom. The van der Waals surface area contributed by atoms with E-state index >= 15 is 0 Å². The van der Waals surface area contributed by atoms with Gasteiger partial charge in [-0.2, -0.15) is 0 Å². The van der Waals surface area contributed by atoms with Gasteiger partial charge in [-0.05, 0) is 18.2 Å². The molecule has 0 bridgehead atoms. The van der Waals surface area contributed by atoms with E-state index in [2.05, 4.69) is 4.98 Å². The molecule has 72 valence electrons. The number of hydrogen-bond donors (Lipinski definition) is 3. The molecular formula is C8H11ClN2O2. The van der Waals surface area contributed by atoms with Crippen molar-refractivity contribution in [2.75, 3.05) is 6.54 Å². The highest BCUT2D eigenvalue weighted by Gasteiger charge is 2.14. The molecule has 1 aromatic rings. The maximum atomic E-state index is 10.4. The summed E-state index contributed by atoms with van der Waals surface area (Å²) in [7, 11) is 0. The lowest BCUT2D eigenvalue weighted by Crippen LogP contribution is -2.15. The van der Waals surface area contributed by atoms with Crippen LogP contribution in [0.3, 0.4) is 0 Å². The van der Waals surface area contributed by atoms with Gasteiger partial charge in [0.2, 0.25) is 0 Å². The van der Waals surface area contributed by atoms with Crippen molar-refractivity contribution in [3.8, 4) is 0 Å². The molecule has 4 nitrogen and oxygen atoms in total. The number of carboxylic acid groups (broad SMARTS) is 1. The third-order valence-corrected chi connectivity index (χ3v) is 2.07. The molecular weight excluding hydrogens is 192 g/mol. The van der Waals surface area contributed by atoms with Gasteiger partial charge >= 0.3 is 5.97 Å². The van der Waals surface area contributed by atoms with Gasteiger partial charge in [-0.1, -0.05) is 11.6 Å². The number of hydrogen-bond acceptors (Lipinski definition) is 2. The Bertz CT molecular complexity index is 298. The third-order valence-electron chi connectivity index (χ3n) is 1.85. The van der Waals surface area contributed by atoms with E-state index in [0.717, 1.165) is 5.56 Å². The number of H-pyrrole nitrogens is 1. The molecule has 0 radical (unpaired) electrons. The Morgan fingerprint density at radius 1 is 1.77 bits per heavy atom. The Balaban J connectivity index is 2.72. The summed E-state index contributed by atoms with van der Waals surface area (Å²) in [5.41, 5.74) is 6.28. The summed E-state index contributed by atoms with van der Waals surface area (Å²) in [4.78, 5) is 13.2. The monoisotopic (exact) mass is 202 g/mol. The molecule has 0 saturated heterocycles. The number of halogens is 1. The zero-order valence-electron chi connectivity index (χ0n) is 6.96. The molecule has 1 unspecified atom stereocenters. The molecule has 0 aliphatic carbocycles. The highest BCUT2D eigenvalue weighted by Crippen LogP contribution is 2.21.